The van der Waals surface area contributed by atoms with Crippen LogP contribution in [0.1, 0.15) is 47.0 Å². The van der Waals surface area contributed by atoms with Crippen molar-refractivity contribution in [2.24, 2.45) is 10.8 Å². The highest BCUT2D eigenvalue weighted by Crippen LogP contribution is 2.45. The van der Waals surface area contributed by atoms with Gasteiger partial charge in [-0.15, -0.1) is 0 Å². The topological polar surface area (TPSA) is 95.6 Å². The van der Waals surface area contributed by atoms with E-state index in [9.17, 15) is 9.59 Å². The van der Waals surface area contributed by atoms with Crippen LogP contribution in [0.3, 0.4) is 0 Å². The van der Waals surface area contributed by atoms with Gasteiger partial charge < -0.3 is 34.6 Å². The summed E-state index contributed by atoms with van der Waals surface area (Å²) in [6, 6.07) is 0.205. The van der Waals surface area contributed by atoms with E-state index in [1.807, 2.05) is 19.0 Å². The summed E-state index contributed by atoms with van der Waals surface area (Å²) in [6.07, 6.45) is 1.80. The van der Waals surface area contributed by atoms with Gasteiger partial charge in [-0.3, -0.25) is 4.90 Å². The van der Waals surface area contributed by atoms with Crippen LogP contribution in [-0.4, -0.2) is 126 Å². The van der Waals surface area contributed by atoms with E-state index in [0.717, 1.165) is 52.0 Å². The van der Waals surface area contributed by atoms with E-state index < -0.39 is 6.09 Å². The van der Waals surface area contributed by atoms with Crippen molar-refractivity contribution >= 4 is 12.2 Å². The van der Waals surface area contributed by atoms with E-state index in [4.69, 9.17) is 14.2 Å². The fourth-order valence-electron chi connectivity index (χ4n) is 5.61. The number of ether oxygens (including phenoxy) is 3. The molecule has 1 saturated carbocycles. The van der Waals surface area contributed by atoms with Gasteiger partial charge in [0, 0.05) is 38.8 Å². The van der Waals surface area contributed by atoms with Crippen molar-refractivity contribution in [3.8, 4) is 0 Å². The average Bonchev–Trinajstić information content (AvgIpc) is 2.78. The minimum atomic E-state index is -0.433. The lowest BCUT2D eigenvalue weighted by atomic mass is 9.62. The van der Waals surface area contributed by atoms with E-state index in [1.54, 1.807) is 0 Å². The molecule has 3 unspecified atom stereocenters. The standard InChI is InChI=1S/C26H51N5O5/c1-8-31-10-9-30(7)22(17-31)18-36-24(33)28-21-15-25(2,3)19-26(4,16-21)20-27-23(32)35-14-13-34-12-11-29(5)6/h21-22H,8-20H2,1-7H3,(H,27,32)(H,28,33). The molecule has 0 spiro atoms. The summed E-state index contributed by atoms with van der Waals surface area (Å²) in [6.45, 7) is 15.6. The Morgan fingerprint density at radius 2 is 1.78 bits per heavy atom. The summed E-state index contributed by atoms with van der Waals surface area (Å²) in [7, 11) is 6.06. The van der Waals surface area contributed by atoms with E-state index >= 15 is 0 Å². The molecule has 2 aliphatic rings. The maximum absolute atomic E-state index is 12.7. The number of piperazine rings is 1. The zero-order valence-corrected chi connectivity index (χ0v) is 23.7. The summed E-state index contributed by atoms with van der Waals surface area (Å²) in [5, 5.41) is 6.02. The molecular formula is C26H51N5O5. The Morgan fingerprint density at radius 3 is 2.47 bits per heavy atom. The van der Waals surface area contributed by atoms with Crippen LogP contribution in [-0.2, 0) is 14.2 Å². The summed E-state index contributed by atoms with van der Waals surface area (Å²) in [5.41, 5.74) is -0.131. The van der Waals surface area contributed by atoms with Crippen molar-refractivity contribution in [2.45, 2.75) is 59.0 Å². The molecule has 0 aromatic rings. The molecule has 0 aromatic carbocycles. The average molecular weight is 514 g/mol. The number of carbonyl (C=O) groups excluding carboxylic acids is 2. The predicted molar refractivity (Wildman–Crippen MR) is 141 cm³/mol. The number of nitrogens with one attached hydrogen (secondary N) is 2. The van der Waals surface area contributed by atoms with Gasteiger partial charge in [0.25, 0.3) is 0 Å². The fraction of sp³-hybridized carbons (Fsp3) is 0.923. The van der Waals surface area contributed by atoms with E-state index in [2.05, 4.69) is 55.2 Å². The van der Waals surface area contributed by atoms with E-state index in [1.165, 1.54) is 0 Å². The second kappa shape index (κ2) is 14.4. The van der Waals surface area contributed by atoms with Gasteiger partial charge in [0.05, 0.1) is 19.3 Å². The van der Waals surface area contributed by atoms with Crippen molar-refractivity contribution in [1.29, 1.82) is 0 Å². The molecule has 210 valence electrons. The van der Waals surface area contributed by atoms with Gasteiger partial charge >= 0.3 is 12.2 Å². The summed E-state index contributed by atoms with van der Waals surface area (Å²) < 4.78 is 16.4. The molecule has 2 fully saturated rings. The van der Waals surface area contributed by atoms with Crippen LogP contribution in [0.4, 0.5) is 9.59 Å². The molecule has 2 amide bonds. The molecular weight excluding hydrogens is 462 g/mol. The first-order valence-corrected chi connectivity index (χ1v) is 13.4. The van der Waals surface area contributed by atoms with Gasteiger partial charge in [-0.05, 0) is 57.8 Å². The maximum atomic E-state index is 12.7. The highest BCUT2D eigenvalue weighted by molar-refractivity contribution is 5.68. The molecule has 1 heterocycles. The number of nitrogens with zero attached hydrogens (tertiary/aromatic N) is 3. The van der Waals surface area contributed by atoms with Gasteiger partial charge in [-0.25, -0.2) is 9.59 Å². The van der Waals surface area contributed by atoms with Crippen LogP contribution in [0.15, 0.2) is 0 Å². The zero-order chi connectivity index (χ0) is 26.8. The highest BCUT2D eigenvalue weighted by Gasteiger charge is 2.42. The summed E-state index contributed by atoms with van der Waals surface area (Å²) >= 11 is 0. The van der Waals surface area contributed by atoms with Crippen molar-refractivity contribution in [1.82, 2.24) is 25.3 Å². The SMILES string of the molecule is CCN1CCN(C)C(COC(=O)NC2CC(C)(C)CC(C)(CNC(=O)OCCOCCN(C)C)C2)C1. The minimum Gasteiger partial charge on any atom is -0.448 e. The van der Waals surface area contributed by atoms with Gasteiger partial charge in [-0.2, -0.15) is 0 Å². The van der Waals surface area contributed by atoms with Crippen LogP contribution in [0.2, 0.25) is 0 Å². The number of alkyl carbamates (subject to hydrolysis) is 2. The lowest BCUT2D eigenvalue weighted by Crippen LogP contribution is -2.54. The van der Waals surface area contributed by atoms with Crippen molar-refractivity contribution < 1.29 is 23.8 Å². The molecule has 2 rings (SSSR count). The number of amides is 2. The molecule has 36 heavy (non-hydrogen) atoms. The molecule has 0 radical (unpaired) electrons. The second-order valence-electron chi connectivity index (χ2n) is 11.9. The summed E-state index contributed by atoms with van der Waals surface area (Å²) in [5.74, 6) is 0. The van der Waals surface area contributed by atoms with Gasteiger partial charge in [0.15, 0.2) is 0 Å². The Kier molecular flexibility index (Phi) is 12.2. The fourth-order valence-corrected chi connectivity index (χ4v) is 5.61. The molecule has 2 N–H and O–H groups in total. The molecule has 10 nitrogen and oxygen atoms in total. The van der Waals surface area contributed by atoms with Crippen molar-refractivity contribution in [3.05, 3.63) is 0 Å². The lowest BCUT2D eigenvalue weighted by Gasteiger charge is -2.46. The number of hydrogen-bond acceptors (Lipinski definition) is 8. The zero-order valence-electron chi connectivity index (χ0n) is 23.7. The number of hydrogen-bond donors (Lipinski definition) is 2. The van der Waals surface area contributed by atoms with Gasteiger partial charge in [0.2, 0.25) is 0 Å². The third-order valence-corrected chi connectivity index (χ3v) is 7.28. The first kappa shape index (κ1) is 30.6. The smallest absolute Gasteiger partial charge is 0.407 e. The Bertz CT molecular complexity index is 692. The predicted octanol–water partition coefficient (Wildman–Crippen LogP) is 2.24. The molecule has 0 bridgehead atoms. The van der Waals surface area contributed by atoms with Crippen LogP contribution in [0.25, 0.3) is 0 Å². The molecule has 1 aliphatic heterocycles. The van der Waals surface area contributed by atoms with Crippen LogP contribution < -0.4 is 10.6 Å². The molecule has 0 aromatic heterocycles. The summed E-state index contributed by atoms with van der Waals surface area (Å²) in [4.78, 5) is 31.6. The second-order valence-corrected chi connectivity index (χ2v) is 11.9. The maximum Gasteiger partial charge on any atom is 0.407 e. The molecule has 1 saturated heterocycles. The molecule has 1 aliphatic carbocycles. The first-order chi connectivity index (χ1) is 16.9. The Balaban J connectivity index is 1.75. The third-order valence-electron chi connectivity index (χ3n) is 7.28. The monoisotopic (exact) mass is 513 g/mol. The minimum absolute atomic E-state index is 0.00890. The van der Waals surface area contributed by atoms with Crippen LogP contribution in [0.5, 0.6) is 0 Å². The van der Waals surface area contributed by atoms with Crippen LogP contribution >= 0.6 is 0 Å². The van der Waals surface area contributed by atoms with E-state index in [-0.39, 0.29) is 35.6 Å². The Labute approximate surface area is 218 Å². The van der Waals surface area contributed by atoms with Crippen LogP contribution in [0, 0.1) is 10.8 Å². The number of likely N-dealkylation sites (N-methyl/N-ethyl adjacent to an activating group) is 3. The third kappa shape index (κ3) is 11.2. The quantitative estimate of drug-likeness (QED) is 0.384. The number of rotatable bonds is 12. The molecule has 3 atom stereocenters. The largest absolute Gasteiger partial charge is 0.448 e. The molecule has 10 heteroatoms. The Hall–Kier alpha value is -1.62. The van der Waals surface area contributed by atoms with E-state index in [0.29, 0.717) is 26.4 Å². The van der Waals surface area contributed by atoms with Gasteiger partial charge in [-0.1, -0.05) is 27.7 Å². The number of carbonyl (C=O) groups is 2. The van der Waals surface area contributed by atoms with Crippen molar-refractivity contribution in [2.75, 3.05) is 86.8 Å². The Morgan fingerprint density at radius 1 is 1.03 bits per heavy atom. The van der Waals surface area contributed by atoms with Crippen molar-refractivity contribution in [3.63, 3.8) is 0 Å². The highest BCUT2D eigenvalue weighted by atomic mass is 16.6. The lowest BCUT2D eigenvalue weighted by molar-refractivity contribution is 0.0375. The normalized spacial score (nSPS) is 27.0. The first-order valence-electron chi connectivity index (χ1n) is 13.4. The van der Waals surface area contributed by atoms with Gasteiger partial charge in [0.1, 0.15) is 13.2 Å².